The highest BCUT2D eigenvalue weighted by Crippen LogP contribution is 2.26. The van der Waals surface area contributed by atoms with Gasteiger partial charge in [-0.3, -0.25) is 9.59 Å². The average molecular weight is 417 g/mol. The fraction of sp³-hybridized carbons (Fsp3) is 0.353. The molecule has 0 aliphatic heterocycles. The smallest absolute Gasteiger partial charge is 0.293 e. The molecular formula is C17H17F2N9O2. The predicted molar refractivity (Wildman–Crippen MR) is 100 cm³/mol. The number of rotatable bonds is 5. The molecule has 0 aliphatic rings. The van der Waals surface area contributed by atoms with Gasteiger partial charge in [-0.25, -0.2) is 9.20 Å². The Balaban J connectivity index is 1.68. The third kappa shape index (κ3) is 3.49. The number of carbonyl (C=O) groups excluding carboxylic acids is 1. The Labute approximate surface area is 167 Å². The predicted octanol–water partition coefficient (Wildman–Crippen LogP) is 1.20. The van der Waals surface area contributed by atoms with Gasteiger partial charge in [0.15, 0.2) is 17.3 Å². The van der Waals surface area contributed by atoms with Crippen LogP contribution >= 0.6 is 0 Å². The van der Waals surface area contributed by atoms with E-state index < -0.39 is 29.6 Å². The number of hydrogen-bond acceptors (Lipinski definition) is 7. The zero-order chi connectivity index (χ0) is 21.6. The quantitative estimate of drug-likeness (QED) is 0.517. The van der Waals surface area contributed by atoms with Crippen molar-refractivity contribution in [2.75, 3.05) is 5.32 Å². The van der Waals surface area contributed by atoms with Gasteiger partial charge in [-0.1, -0.05) is 13.8 Å². The summed E-state index contributed by atoms with van der Waals surface area (Å²) in [5.74, 6) is -3.52. The van der Waals surface area contributed by atoms with Gasteiger partial charge in [0.2, 0.25) is 5.91 Å². The summed E-state index contributed by atoms with van der Waals surface area (Å²) < 4.78 is 30.8. The summed E-state index contributed by atoms with van der Waals surface area (Å²) in [6.45, 7) is 3.82. The van der Waals surface area contributed by atoms with E-state index >= 15 is 0 Å². The maximum atomic E-state index is 13.7. The molecule has 1 amide bonds. The highest BCUT2D eigenvalue weighted by atomic mass is 19.3. The van der Waals surface area contributed by atoms with Gasteiger partial charge in [0, 0.05) is 12.8 Å². The molecule has 13 heteroatoms. The van der Waals surface area contributed by atoms with Crippen LogP contribution in [0, 0.1) is 0 Å². The standard InChI is InChI=1S/C17H17F2N9O2/c1-9(2)15-25-26(16(30)10-6-11(17(3,18)19)23-28(10)15)7-14(29)21-12-4-5-13-22-20-8-27(13)24-12/h4-6,8-9H,7H2,1-3H3,(H,21,24,29). The van der Waals surface area contributed by atoms with E-state index in [1.807, 2.05) is 0 Å². The Kier molecular flexibility index (Phi) is 4.51. The number of alkyl halides is 2. The molecule has 0 saturated heterocycles. The monoisotopic (exact) mass is 417 g/mol. The van der Waals surface area contributed by atoms with E-state index in [2.05, 4.69) is 30.8 Å². The van der Waals surface area contributed by atoms with Gasteiger partial charge in [0.1, 0.15) is 24.1 Å². The number of nitrogens with one attached hydrogen (secondary N) is 1. The number of hydrogen-bond donors (Lipinski definition) is 1. The Morgan fingerprint density at radius 3 is 2.70 bits per heavy atom. The van der Waals surface area contributed by atoms with Crippen LogP contribution in [0.15, 0.2) is 29.3 Å². The van der Waals surface area contributed by atoms with Crippen LogP contribution in [0.3, 0.4) is 0 Å². The van der Waals surface area contributed by atoms with Gasteiger partial charge < -0.3 is 5.32 Å². The molecule has 11 nitrogen and oxygen atoms in total. The Bertz CT molecular complexity index is 1320. The molecule has 0 spiro atoms. The van der Waals surface area contributed by atoms with E-state index in [0.29, 0.717) is 12.6 Å². The second-order valence-corrected chi connectivity index (χ2v) is 7.09. The molecule has 0 atom stereocenters. The Morgan fingerprint density at radius 1 is 1.23 bits per heavy atom. The number of amides is 1. The lowest BCUT2D eigenvalue weighted by Gasteiger charge is -2.11. The molecule has 4 aromatic rings. The normalized spacial score (nSPS) is 12.2. The van der Waals surface area contributed by atoms with Gasteiger partial charge in [0.05, 0.1) is 0 Å². The number of carbonyl (C=O) groups is 1. The average Bonchev–Trinajstić information content (AvgIpc) is 3.30. The van der Waals surface area contributed by atoms with Gasteiger partial charge in [-0.05, 0) is 18.2 Å². The molecule has 0 aromatic carbocycles. The van der Waals surface area contributed by atoms with Crippen molar-refractivity contribution in [1.82, 2.24) is 39.2 Å². The van der Waals surface area contributed by atoms with Crippen molar-refractivity contribution in [3.63, 3.8) is 0 Å². The third-order valence-electron chi connectivity index (χ3n) is 4.29. The fourth-order valence-corrected chi connectivity index (χ4v) is 2.85. The SMILES string of the molecule is CC(C)c1nn(CC(=O)Nc2ccc3nncn3n2)c(=O)c2cc(C(C)(F)F)nn12. The summed E-state index contributed by atoms with van der Waals surface area (Å²) in [6.07, 6.45) is 1.38. The van der Waals surface area contributed by atoms with E-state index in [1.165, 1.54) is 16.9 Å². The lowest BCUT2D eigenvalue weighted by Crippen LogP contribution is -2.32. The largest absolute Gasteiger partial charge is 0.308 e. The first-order valence-electron chi connectivity index (χ1n) is 8.99. The molecule has 1 N–H and O–H groups in total. The van der Waals surface area contributed by atoms with Crippen LogP contribution in [0.1, 0.15) is 38.2 Å². The van der Waals surface area contributed by atoms with Gasteiger partial charge in [0.25, 0.3) is 11.5 Å². The number of halogens is 2. The second-order valence-electron chi connectivity index (χ2n) is 7.09. The molecule has 156 valence electrons. The minimum absolute atomic E-state index is 0.0814. The molecule has 4 heterocycles. The van der Waals surface area contributed by atoms with Crippen LogP contribution in [0.5, 0.6) is 0 Å². The maximum absolute atomic E-state index is 13.7. The first-order chi connectivity index (χ1) is 14.1. The summed E-state index contributed by atoms with van der Waals surface area (Å²) in [5, 5.41) is 22.2. The first kappa shape index (κ1) is 19.5. The van der Waals surface area contributed by atoms with Crippen molar-refractivity contribution in [3.8, 4) is 0 Å². The van der Waals surface area contributed by atoms with Crippen molar-refractivity contribution < 1.29 is 13.6 Å². The van der Waals surface area contributed by atoms with Gasteiger partial charge in [-0.15, -0.1) is 15.3 Å². The van der Waals surface area contributed by atoms with Crippen LogP contribution in [0.2, 0.25) is 0 Å². The van der Waals surface area contributed by atoms with Crippen LogP contribution < -0.4 is 10.9 Å². The molecule has 0 bridgehead atoms. The van der Waals surface area contributed by atoms with Crippen molar-refractivity contribution >= 4 is 22.9 Å². The number of fused-ring (bicyclic) bond motifs is 2. The molecule has 0 saturated carbocycles. The molecule has 4 rings (SSSR count). The zero-order valence-corrected chi connectivity index (χ0v) is 16.2. The number of nitrogens with zero attached hydrogens (tertiary/aromatic N) is 8. The summed E-state index contributed by atoms with van der Waals surface area (Å²) in [6, 6.07) is 4.17. The molecule has 30 heavy (non-hydrogen) atoms. The van der Waals surface area contributed by atoms with Crippen LogP contribution in [0.4, 0.5) is 14.6 Å². The maximum Gasteiger partial charge on any atom is 0.293 e. The van der Waals surface area contributed by atoms with Crippen molar-refractivity contribution in [2.24, 2.45) is 0 Å². The minimum atomic E-state index is -3.22. The highest BCUT2D eigenvalue weighted by molar-refractivity contribution is 5.89. The molecule has 0 aliphatic carbocycles. The summed E-state index contributed by atoms with van der Waals surface area (Å²) >= 11 is 0. The van der Waals surface area contributed by atoms with Crippen molar-refractivity contribution in [3.05, 3.63) is 46.4 Å². The Morgan fingerprint density at radius 2 is 2.00 bits per heavy atom. The topological polar surface area (TPSA) is 124 Å². The summed E-state index contributed by atoms with van der Waals surface area (Å²) in [4.78, 5) is 25.2. The number of aromatic nitrogens is 8. The van der Waals surface area contributed by atoms with E-state index in [9.17, 15) is 18.4 Å². The van der Waals surface area contributed by atoms with E-state index in [1.54, 1.807) is 19.9 Å². The third-order valence-corrected chi connectivity index (χ3v) is 4.29. The molecule has 4 aromatic heterocycles. The second kappa shape index (κ2) is 6.93. The summed E-state index contributed by atoms with van der Waals surface area (Å²) in [7, 11) is 0. The van der Waals surface area contributed by atoms with Crippen LogP contribution in [0.25, 0.3) is 11.2 Å². The molecule has 0 radical (unpaired) electrons. The molecule has 0 unspecified atom stereocenters. The Hall–Kier alpha value is -3.77. The zero-order valence-electron chi connectivity index (χ0n) is 16.2. The molecule has 0 fully saturated rings. The van der Waals surface area contributed by atoms with E-state index in [4.69, 9.17) is 0 Å². The lowest BCUT2D eigenvalue weighted by molar-refractivity contribution is -0.117. The van der Waals surface area contributed by atoms with E-state index in [-0.39, 0.29) is 23.1 Å². The highest BCUT2D eigenvalue weighted by Gasteiger charge is 2.30. The van der Waals surface area contributed by atoms with Gasteiger partial charge in [-0.2, -0.15) is 23.5 Å². The van der Waals surface area contributed by atoms with Gasteiger partial charge >= 0.3 is 0 Å². The first-order valence-corrected chi connectivity index (χ1v) is 8.99. The lowest BCUT2D eigenvalue weighted by atomic mass is 10.2. The van der Waals surface area contributed by atoms with Crippen molar-refractivity contribution in [2.45, 2.75) is 39.2 Å². The number of anilines is 1. The minimum Gasteiger partial charge on any atom is -0.308 e. The molecular weight excluding hydrogens is 400 g/mol. The van der Waals surface area contributed by atoms with Crippen LogP contribution in [-0.4, -0.2) is 45.1 Å². The summed E-state index contributed by atoms with van der Waals surface area (Å²) in [5.41, 5.74) is -0.832. The van der Waals surface area contributed by atoms with E-state index in [0.717, 1.165) is 15.3 Å². The van der Waals surface area contributed by atoms with Crippen LogP contribution in [-0.2, 0) is 17.3 Å². The van der Waals surface area contributed by atoms with Crippen molar-refractivity contribution in [1.29, 1.82) is 0 Å². The fourth-order valence-electron chi connectivity index (χ4n) is 2.85.